The van der Waals surface area contributed by atoms with Crippen LogP contribution in [0.4, 0.5) is 5.69 Å². The van der Waals surface area contributed by atoms with Crippen LogP contribution in [0.1, 0.15) is 37.7 Å². The molecule has 1 aliphatic heterocycles. The van der Waals surface area contributed by atoms with Gasteiger partial charge >= 0.3 is 0 Å². The second kappa shape index (κ2) is 7.52. The number of benzene rings is 3. The van der Waals surface area contributed by atoms with Crippen molar-refractivity contribution in [3.8, 4) is 17.0 Å². The Balaban J connectivity index is 1.68. The van der Waals surface area contributed by atoms with Crippen molar-refractivity contribution in [2.75, 3.05) is 11.9 Å². The summed E-state index contributed by atoms with van der Waals surface area (Å²) in [6.07, 6.45) is 0.892. The van der Waals surface area contributed by atoms with E-state index >= 15 is 0 Å². The highest BCUT2D eigenvalue weighted by atomic mass is 16.5. The standard InChI is InChI=1S/C26H27N3O/c1-17(2)14-15-30-24-13-12-19-8-4-5-9-20(19)25(24)26-27-22-11-7-6-10-21(22)23-16-18(3)28-29(23)26/h4-13,16-17,26-27H,14-15H2,1-3H3. The highest BCUT2D eigenvalue weighted by molar-refractivity contribution is 5.89. The van der Waals surface area contributed by atoms with Crippen molar-refractivity contribution in [2.45, 2.75) is 33.4 Å². The minimum absolute atomic E-state index is 0.135. The van der Waals surface area contributed by atoms with Gasteiger partial charge in [-0.2, -0.15) is 5.10 Å². The van der Waals surface area contributed by atoms with Crippen LogP contribution in [0.5, 0.6) is 5.75 Å². The molecule has 30 heavy (non-hydrogen) atoms. The summed E-state index contributed by atoms with van der Waals surface area (Å²) in [5, 5.41) is 11.0. The number of hydrogen-bond donors (Lipinski definition) is 1. The summed E-state index contributed by atoms with van der Waals surface area (Å²) in [5.41, 5.74) is 5.58. The topological polar surface area (TPSA) is 39.1 Å². The maximum Gasteiger partial charge on any atom is 0.151 e. The van der Waals surface area contributed by atoms with Gasteiger partial charge in [0.2, 0.25) is 0 Å². The summed E-state index contributed by atoms with van der Waals surface area (Å²) in [6.45, 7) is 7.21. The Labute approximate surface area is 177 Å². The van der Waals surface area contributed by atoms with E-state index in [4.69, 9.17) is 9.84 Å². The number of aromatic nitrogens is 2. The number of fused-ring (bicyclic) bond motifs is 4. The summed E-state index contributed by atoms with van der Waals surface area (Å²) in [6, 6.07) is 23.4. The molecular weight excluding hydrogens is 370 g/mol. The Morgan fingerprint density at radius 2 is 1.83 bits per heavy atom. The number of nitrogens with zero attached hydrogens (tertiary/aromatic N) is 2. The maximum atomic E-state index is 6.34. The van der Waals surface area contributed by atoms with Crippen molar-refractivity contribution in [3.05, 3.63) is 78.0 Å². The van der Waals surface area contributed by atoms with Gasteiger partial charge in [0.15, 0.2) is 6.17 Å². The summed E-state index contributed by atoms with van der Waals surface area (Å²) in [5.74, 6) is 1.53. The van der Waals surface area contributed by atoms with E-state index in [-0.39, 0.29) is 6.17 Å². The van der Waals surface area contributed by atoms with E-state index in [1.807, 2.05) is 6.92 Å². The lowest BCUT2D eigenvalue weighted by Crippen LogP contribution is -2.26. The lowest BCUT2D eigenvalue weighted by molar-refractivity contribution is 0.285. The first kappa shape index (κ1) is 18.7. The van der Waals surface area contributed by atoms with Crippen LogP contribution >= 0.6 is 0 Å². The van der Waals surface area contributed by atoms with Crippen molar-refractivity contribution in [1.29, 1.82) is 0 Å². The molecule has 3 aromatic carbocycles. The van der Waals surface area contributed by atoms with E-state index in [9.17, 15) is 0 Å². The van der Waals surface area contributed by atoms with Crippen LogP contribution in [0, 0.1) is 12.8 Å². The fourth-order valence-electron chi connectivity index (χ4n) is 4.24. The van der Waals surface area contributed by atoms with E-state index in [1.165, 1.54) is 16.3 Å². The van der Waals surface area contributed by atoms with Gasteiger partial charge in [-0.15, -0.1) is 0 Å². The summed E-state index contributed by atoms with van der Waals surface area (Å²) < 4.78 is 8.44. The first-order chi connectivity index (χ1) is 14.6. The van der Waals surface area contributed by atoms with Gasteiger partial charge in [0.05, 0.1) is 18.0 Å². The van der Waals surface area contributed by atoms with Crippen LogP contribution in [0.15, 0.2) is 66.7 Å². The van der Waals surface area contributed by atoms with Crippen LogP contribution < -0.4 is 10.1 Å². The predicted octanol–water partition coefficient (Wildman–Crippen LogP) is 6.41. The summed E-state index contributed by atoms with van der Waals surface area (Å²) >= 11 is 0. The molecule has 0 bridgehead atoms. The molecule has 4 heteroatoms. The van der Waals surface area contributed by atoms with Crippen LogP contribution in [-0.4, -0.2) is 16.4 Å². The van der Waals surface area contributed by atoms with E-state index in [2.05, 4.69) is 90.6 Å². The van der Waals surface area contributed by atoms with Crippen molar-refractivity contribution >= 4 is 16.5 Å². The van der Waals surface area contributed by atoms with Gasteiger partial charge in [0, 0.05) is 16.8 Å². The van der Waals surface area contributed by atoms with E-state index < -0.39 is 0 Å². The number of hydrogen-bond acceptors (Lipinski definition) is 3. The molecule has 0 saturated heterocycles. The lowest BCUT2D eigenvalue weighted by atomic mass is 9.98. The number of ether oxygens (including phenoxy) is 1. The number of anilines is 1. The number of rotatable bonds is 5. The van der Waals surface area contributed by atoms with Gasteiger partial charge in [0.25, 0.3) is 0 Å². The number of aryl methyl sites for hydroxylation is 1. The molecule has 2 heterocycles. The van der Waals surface area contributed by atoms with Crippen molar-refractivity contribution in [3.63, 3.8) is 0 Å². The molecule has 1 aromatic heterocycles. The van der Waals surface area contributed by atoms with Crippen LogP contribution in [-0.2, 0) is 0 Å². The number of para-hydroxylation sites is 1. The van der Waals surface area contributed by atoms with Crippen LogP contribution in [0.2, 0.25) is 0 Å². The molecule has 5 rings (SSSR count). The summed E-state index contributed by atoms with van der Waals surface area (Å²) in [4.78, 5) is 0. The third kappa shape index (κ3) is 3.22. The summed E-state index contributed by atoms with van der Waals surface area (Å²) in [7, 11) is 0. The SMILES string of the molecule is Cc1cc2n(n1)C(c1c(OCCC(C)C)ccc3ccccc13)Nc1ccccc1-2. The average Bonchev–Trinajstić information content (AvgIpc) is 3.14. The van der Waals surface area contributed by atoms with E-state index in [0.717, 1.165) is 34.8 Å². The largest absolute Gasteiger partial charge is 0.493 e. The molecule has 152 valence electrons. The van der Waals surface area contributed by atoms with Gasteiger partial charge in [-0.05, 0) is 48.2 Å². The molecule has 1 unspecified atom stereocenters. The molecule has 0 saturated carbocycles. The van der Waals surface area contributed by atoms with Gasteiger partial charge in [-0.3, -0.25) is 0 Å². The molecule has 4 nitrogen and oxygen atoms in total. The van der Waals surface area contributed by atoms with Crippen molar-refractivity contribution in [1.82, 2.24) is 9.78 Å². The third-order valence-electron chi connectivity index (χ3n) is 5.75. The Morgan fingerprint density at radius 3 is 2.70 bits per heavy atom. The van der Waals surface area contributed by atoms with Gasteiger partial charge < -0.3 is 10.1 Å². The molecule has 4 aromatic rings. The second-order valence-corrected chi connectivity index (χ2v) is 8.44. The fourth-order valence-corrected chi connectivity index (χ4v) is 4.24. The Morgan fingerprint density at radius 1 is 1.03 bits per heavy atom. The highest BCUT2D eigenvalue weighted by Crippen LogP contribution is 2.43. The zero-order valence-corrected chi connectivity index (χ0v) is 17.7. The zero-order chi connectivity index (χ0) is 20.7. The Kier molecular flexibility index (Phi) is 4.70. The van der Waals surface area contributed by atoms with Crippen molar-refractivity contribution < 1.29 is 4.74 Å². The Hall–Kier alpha value is -3.27. The van der Waals surface area contributed by atoms with E-state index in [0.29, 0.717) is 12.5 Å². The monoisotopic (exact) mass is 397 g/mol. The van der Waals surface area contributed by atoms with Gasteiger partial charge in [0.1, 0.15) is 5.75 Å². The molecule has 1 aliphatic rings. The predicted molar refractivity (Wildman–Crippen MR) is 123 cm³/mol. The number of nitrogens with one attached hydrogen (secondary N) is 1. The molecule has 0 spiro atoms. The van der Waals surface area contributed by atoms with Crippen LogP contribution in [0.25, 0.3) is 22.0 Å². The average molecular weight is 398 g/mol. The maximum absolute atomic E-state index is 6.34. The van der Waals surface area contributed by atoms with Crippen LogP contribution in [0.3, 0.4) is 0 Å². The van der Waals surface area contributed by atoms with E-state index in [1.54, 1.807) is 0 Å². The van der Waals surface area contributed by atoms with Crippen molar-refractivity contribution in [2.24, 2.45) is 5.92 Å². The minimum Gasteiger partial charge on any atom is -0.493 e. The molecule has 0 fully saturated rings. The minimum atomic E-state index is -0.135. The second-order valence-electron chi connectivity index (χ2n) is 8.44. The van der Waals surface area contributed by atoms with Gasteiger partial charge in [-0.25, -0.2) is 4.68 Å². The fraction of sp³-hybridized carbons (Fsp3) is 0.269. The normalized spacial score (nSPS) is 15.0. The molecular formula is C26H27N3O. The molecule has 0 aliphatic carbocycles. The highest BCUT2D eigenvalue weighted by Gasteiger charge is 2.29. The van der Waals surface area contributed by atoms with Gasteiger partial charge in [-0.1, -0.05) is 62.4 Å². The third-order valence-corrected chi connectivity index (χ3v) is 5.75. The lowest BCUT2D eigenvalue weighted by Gasteiger charge is -2.31. The molecule has 0 radical (unpaired) electrons. The molecule has 0 amide bonds. The quantitative estimate of drug-likeness (QED) is 0.423. The molecule has 1 atom stereocenters. The zero-order valence-electron chi connectivity index (χ0n) is 17.7. The Bertz CT molecular complexity index is 1210. The first-order valence-electron chi connectivity index (χ1n) is 10.7. The first-order valence-corrected chi connectivity index (χ1v) is 10.7. The smallest absolute Gasteiger partial charge is 0.151 e. The molecule has 1 N–H and O–H groups in total.